The Kier molecular flexibility index (Phi) is 13.0. The normalized spacial score (nSPS) is 16.7. The molecule has 0 bridgehead atoms. The molecule has 0 aliphatic heterocycles. The fourth-order valence-corrected chi connectivity index (χ4v) is 4.13. The molecule has 0 heterocycles. The first-order chi connectivity index (χ1) is 13.3. The summed E-state index contributed by atoms with van der Waals surface area (Å²) in [6.45, 7) is 16.9. The molecule has 3 unspecified atom stereocenters. The average Bonchev–Trinajstić information content (AvgIpc) is 2.57. The number of rotatable bonds is 14. The highest BCUT2D eigenvalue weighted by Crippen LogP contribution is 2.44. The largest absolute Gasteiger partial charge is 0.343 e. The van der Waals surface area contributed by atoms with Crippen molar-refractivity contribution in [2.45, 2.75) is 113 Å². The van der Waals surface area contributed by atoms with Gasteiger partial charge in [0, 0.05) is 5.92 Å². The molecule has 0 rings (SSSR count). The van der Waals surface area contributed by atoms with Crippen LogP contribution in [0.15, 0.2) is 34.9 Å². The second-order valence-electron chi connectivity index (χ2n) is 9.88. The molecule has 29 heavy (non-hydrogen) atoms. The van der Waals surface area contributed by atoms with Crippen LogP contribution in [0.3, 0.4) is 0 Å². The van der Waals surface area contributed by atoms with Gasteiger partial charge in [-0.1, -0.05) is 62.1 Å². The molecule has 3 atom stereocenters. The lowest BCUT2D eigenvalue weighted by Gasteiger charge is -2.41. The quantitative estimate of drug-likeness (QED) is 0.216. The van der Waals surface area contributed by atoms with Crippen molar-refractivity contribution in [1.29, 1.82) is 0 Å². The van der Waals surface area contributed by atoms with Crippen LogP contribution < -0.4 is 0 Å². The van der Waals surface area contributed by atoms with Gasteiger partial charge >= 0.3 is 0 Å². The number of allylic oxidation sites excluding steroid dienone is 6. The van der Waals surface area contributed by atoms with Crippen molar-refractivity contribution < 1.29 is 15.3 Å². The van der Waals surface area contributed by atoms with Crippen molar-refractivity contribution in [2.75, 3.05) is 0 Å². The van der Waals surface area contributed by atoms with Crippen molar-refractivity contribution in [2.24, 2.45) is 17.3 Å². The molecule has 170 valence electrons. The highest BCUT2D eigenvalue weighted by atomic mass is 16.7. The second kappa shape index (κ2) is 13.4. The van der Waals surface area contributed by atoms with Crippen molar-refractivity contribution >= 4 is 0 Å². The van der Waals surface area contributed by atoms with E-state index in [9.17, 15) is 15.3 Å². The van der Waals surface area contributed by atoms with Gasteiger partial charge in [0.15, 0.2) is 0 Å². The van der Waals surface area contributed by atoms with Gasteiger partial charge < -0.3 is 15.3 Å². The summed E-state index contributed by atoms with van der Waals surface area (Å²) >= 11 is 0. The van der Waals surface area contributed by atoms with Crippen molar-refractivity contribution in [3.63, 3.8) is 0 Å². The predicted molar refractivity (Wildman–Crippen MR) is 125 cm³/mol. The molecule has 0 aromatic rings. The lowest BCUT2D eigenvalue weighted by atomic mass is 9.67. The van der Waals surface area contributed by atoms with Gasteiger partial charge in [0.05, 0.1) is 0 Å². The maximum absolute atomic E-state index is 10.0. The summed E-state index contributed by atoms with van der Waals surface area (Å²) in [5.41, 5.74) is 3.64. The van der Waals surface area contributed by atoms with E-state index >= 15 is 0 Å². The molecule has 0 aromatic heterocycles. The third kappa shape index (κ3) is 12.4. The molecule has 0 fully saturated rings. The summed E-state index contributed by atoms with van der Waals surface area (Å²) in [5, 5.41) is 30.1. The topological polar surface area (TPSA) is 60.7 Å². The zero-order valence-electron chi connectivity index (χ0n) is 20.4. The van der Waals surface area contributed by atoms with Gasteiger partial charge in [-0.05, 0) is 90.9 Å². The smallest absolute Gasteiger partial charge is 0.278 e. The summed E-state index contributed by atoms with van der Waals surface area (Å²) in [6.07, 6.45) is 14.2. The first-order valence-electron chi connectivity index (χ1n) is 11.4. The van der Waals surface area contributed by atoms with E-state index in [1.54, 1.807) is 0 Å². The monoisotopic (exact) mass is 408 g/mol. The fourth-order valence-electron chi connectivity index (χ4n) is 4.13. The van der Waals surface area contributed by atoms with Crippen LogP contribution in [0.2, 0.25) is 0 Å². The van der Waals surface area contributed by atoms with Crippen LogP contribution in [0.25, 0.3) is 0 Å². The molecule has 0 aliphatic rings. The van der Waals surface area contributed by atoms with E-state index in [0.717, 1.165) is 44.9 Å². The van der Waals surface area contributed by atoms with Crippen molar-refractivity contribution in [3.8, 4) is 0 Å². The standard InChI is InChI=1S/C26H48O3/c1-9-24(26(27,28)29)25(8,18-16-22(6)14-10-12-20(2)3)19-17-23(7)15-11-13-21(4)5/h12-13,16,23-24,27-29H,9-11,14-15,17-19H2,1-8H3. The van der Waals surface area contributed by atoms with Crippen LogP contribution >= 0.6 is 0 Å². The first kappa shape index (κ1) is 28.1. The predicted octanol–water partition coefficient (Wildman–Crippen LogP) is 6.90. The van der Waals surface area contributed by atoms with E-state index in [0.29, 0.717) is 12.3 Å². The number of aliphatic hydroxyl groups is 3. The Bertz CT molecular complexity index is 543. The van der Waals surface area contributed by atoms with Gasteiger partial charge in [-0.2, -0.15) is 0 Å². The van der Waals surface area contributed by atoms with E-state index < -0.39 is 11.9 Å². The van der Waals surface area contributed by atoms with Crippen LogP contribution in [-0.4, -0.2) is 21.3 Å². The van der Waals surface area contributed by atoms with Gasteiger partial charge in [-0.3, -0.25) is 0 Å². The molecule has 0 amide bonds. The van der Waals surface area contributed by atoms with Crippen molar-refractivity contribution in [3.05, 3.63) is 34.9 Å². The van der Waals surface area contributed by atoms with Gasteiger partial charge in [0.2, 0.25) is 0 Å². The summed E-state index contributed by atoms with van der Waals surface area (Å²) in [4.78, 5) is 0. The molecule has 0 aliphatic carbocycles. The third-order valence-corrected chi connectivity index (χ3v) is 6.15. The van der Waals surface area contributed by atoms with Crippen molar-refractivity contribution in [1.82, 2.24) is 0 Å². The Balaban J connectivity index is 5.21. The summed E-state index contributed by atoms with van der Waals surface area (Å²) in [7, 11) is 0. The van der Waals surface area contributed by atoms with Gasteiger partial charge in [-0.25, -0.2) is 0 Å². The van der Waals surface area contributed by atoms with Crippen LogP contribution in [-0.2, 0) is 0 Å². The Morgan fingerprint density at radius 1 is 0.862 bits per heavy atom. The van der Waals surface area contributed by atoms with Crippen LogP contribution in [0.5, 0.6) is 0 Å². The third-order valence-electron chi connectivity index (χ3n) is 6.15. The lowest BCUT2D eigenvalue weighted by molar-refractivity contribution is -0.359. The Morgan fingerprint density at radius 2 is 1.41 bits per heavy atom. The molecule has 3 nitrogen and oxygen atoms in total. The maximum Gasteiger partial charge on any atom is 0.278 e. The first-order valence-corrected chi connectivity index (χ1v) is 11.4. The van der Waals surface area contributed by atoms with E-state index in [4.69, 9.17) is 0 Å². The van der Waals surface area contributed by atoms with Crippen LogP contribution in [0.4, 0.5) is 0 Å². The molecule has 0 radical (unpaired) electrons. The molecular weight excluding hydrogens is 360 g/mol. The molecular formula is C26H48O3. The Labute approximate surface area is 180 Å². The fraction of sp³-hybridized carbons (Fsp3) is 0.769. The maximum atomic E-state index is 10.0. The number of hydrogen-bond donors (Lipinski definition) is 3. The zero-order chi connectivity index (χ0) is 22.7. The molecule has 0 spiro atoms. The minimum atomic E-state index is -2.64. The van der Waals surface area contributed by atoms with Crippen LogP contribution in [0, 0.1) is 17.3 Å². The highest BCUT2D eigenvalue weighted by molar-refractivity contribution is 5.05. The lowest BCUT2D eigenvalue weighted by Crippen LogP contribution is -2.46. The van der Waals surface area contributed by atoms with Gasteiger partial charge in [0.25, 0.3) is 5.97 Å². The summed E-state index contributed by atoms with van der Waals surface area (Å²) in [6, 6.07) is 0. The zero-order valence-corrected chi connectivity index (χ0v) is 20.4. The number of hydrogen-bond acceptors (Lipinski definition) is 3. The summed E-state index contributed by atoms with van der Waals surface area (Å²) in [5.74, 6) is -2.66. The molecule has 3 N–H and O–H groups in total. The van der Waals surface area contributed by atoms with Gasteiger partial charge in [0.1, 0.15) is 0 Å². The Hall–Kier alpha value is -0.900. The molecule has 0 saturated heterocycles. The molecule has 0 saturated carbocycles. The summed E-state index contributed by atoms with van der Waals surface area (Å²) < 4.78 is 0. The SMILES string of the molecule is CCC(C(O)(O)O)C(C)(CC=C(C)CCC=C(C)C)CCC(C)CCC=C(C)C. The average molecular weight is 409 g/mol. The van der Waals surface area contributed by atoms with E-state index in [1.807, 2.05) is 6.92 Å². The highest BCUT2D eigenvalue weighted by Gasteiger charge is 2.44. The Morgan fingerprint density at radius 3 is 1.90 bits per heavy atom. The minimum Gasteiger partial charge on any atom is -0.343 e. The van der Waals surface area contributed by atoms with E-state index in [1.165, 1.54) is 16.7 Å². The second-order valence-corrected chi connectivity index (χ2v) is 9.88. The minimum absolute atomic E-state index is 0.366. The van der Waals surface area contributed by atoms with E-state index in [2.05, 4.69) is 66.7 Å². The molecule has 3 heteroatoms. The molecule has 0 aromatic carbocycles. The van der Waals surface area contributed by atoms with E-state index in [-0.39, 0.29) is 5.41 Å². The van der Waals surface area contributed by atoms with Crippen LogP contribution in [0.1, 0.15) is 107 Å². The van der Waals surface area contributed by atoms with Gasteiger partial charge in [-0.15, -0.1) is 0 Å².